The molecule has 1 saturated carbocycles. The Kier molecular flexibility index (Phi) is 7.13. The number of benzene rings is 1. The number of rotatable bonds is 7. The minimum Gasteiger partial charge on any atom is -0.492 e. The number of piperidine rings is 1. The van der Waals surface area contributed by atoms with Crippen molar-refractivity contribution < 1.29 is 14.3 Å². The zero-order valence-corrected chi connectivity index (χ0v) is 16.8. The Morgan fingerprint density at radius 3 is 2.44 bits per heavy atom. The largest absolute Gasteiger partial charge is 0.492 e. The van der Waals surface area contributed by atoms with Gasteiger partial charge in [-0.05, 0) is 69.0 Å². The van der Waals surface area contributed by atoms with E-state index in [4.69, 9.17) is 9.47 Å². The zero-order chi connectivity index (χ0) is 19.1. The first-order valence-corrected chi connectivity index (χ1v) is 10.4. The van der Waals surface area contributed by atoms with Crippen molar-refractivity contribution in [1.29, 1.82) is 0 Å². The monoisotopic (exact) mass is 374 g/mol. The molecule has 0 aromatic heterocycles. The lowest BCUT2D eigenvalue weighted by atomic mass is 9.84. The molecule has 1 aromatic carbocycles. The molecule has 1 amide bonds. The number of nitrogens with one attached hydrogen (secondary N) is 1. The highest BCUT2D eigenvalue weighted by Gasteiger charge is 2.39. The van der Waals surface area contributed by atoms with Gasteiger partial charge in [0.25, 0.3) is 5.91 Å². The van der Waals surface area contributed by atoms with Gasteiger partial charge in [0.05, 0.1) is 0 Å². The molecular weight excluding hydrogens is 340 g/mol. The first-order chi connectivity index (χ1) is 13.1. The molecule has 1 aliphatic carbocycles. The van der Waals surface area contributed by atoms with Crippen LogP contribution >= 0.6 is 0 Å². The van der Waals surface area contributed by atoms with E-state index in [1.54, 1.807) is 7.11 Å². The van der Waals surface area contributed by atoms with Gasteiger partial charge >= 0.3 is 0 Å². The first-order valence-electron chi connectivity index (χ1n) is 10.4. The second kappa shape index (κ2) is 9.56. The van der Waals surface area contributed by atoms with Crippen LogP contribution in [0.2, 0.25) is 0 Å². The van der Waals surface area contributed by atoms with Gasteiger partial charge in [-0.15, -0.1) is 0 Å². The van der Waals surface area contributed by atoms with Crippen LogP contribution in [0.15, 0.2) is 24.3 Å². The van der Waals surface area contributed by atoms with Crippen molar-refractivity contribution in [1.82, 2.24) is 4.90 Å². The van der Waals surface area contributed by atoms with Gasteiger partial charge in [-0.3, -0.25) is 9.69 Å². The molecule has 5 heteroatoms. The van der Waals surface area contributed by atoms with Crippen molar-refractivity contribution in [3.05, 3.63) is 24.3 Å². The van der Waals surface area contributed by atoms with Gasteiger partial charge in [0.1, 0.15) is 18.0 Å². The highest BCUT2D eigenvalue weighted by molar-refractivity contribution is 5.97. The van der Waals surface area contributed by atoms with Crippen molar-refractivity contribution in [2.45, 2.75) is 57.5 Å². The molecular formula is C22H34N2O3. The fraction of sp³-hybridized carbons (Fsp3) is 0.682. The van der Waals surface area contributed by atoms with E-state index in [1.165, 1.54) is 32.4 Å². The Hall–Kier alpha value is -1.59. The number of nitrogens with zero attached hydrogens (tertiary/aromatic N) is 1. The molecule has 0 spiro atoms. The molecule has 2 fully saturated rings. The van der Waals surface area contributed by atoms with Crippen LogP contribution in [0.5, 0.6) is 5.75 Å². The first kappa shape index (κ1) is 20.2. The summed E-state index contributed by atoms with van der Waals surface area (Å²) >= 11 is 0. The molecule has 2 aliphatic rings. The summed E-state index contributed by atoms with van der Waals surface area (Å²) in [5, 5.41) is 3.01. The molecule has 1 aliphatic heterocycles. The van der Waals surface area contributed by atoms with Crippen molar-refractivity contribution in [2.24, 2.45) is 5.92 Å². The number of anilines is 1. The van der Waals surface area contributed by atoms with E-state index in [-0.39, 0.29) is 5.91 Å². The van der Waals surface area contributed by atoms with E-state index in [9.17, 15) is 4.79 Å². The van der Waals surface area contributed by atoms with Crippen molar-refractivity contribution in [2.75, 3.05) is 38.7 Å². The third kappa shape index (κ3) is 5.45. The van der Waals surface area contributed by atoms with E-state index < -0.39 is 5.60 Å². The maximum Gasteiger partial charge on any atom is 0.256 e. The lowest BCUT2D eigenvalue weighted by molar-refractivity contribution is -0.141. The van der Waals surface area contributed by atoms with Gasteiger partial charge in [-0.25, -0.2) is 0 Å². The molecule has 0 radical (unpaired) electrons. The van der Waals surface area contributed by atoms with Crippen LogP contribution < -0.4 is 10.1 Å². The molecule has 3 rings (SSSR count). The maximum atomic E-state index is 12.7. The predicted molar refractivity (Wildman–Crippen MR) is 108 cm³/mol. The quantitative estimate of drug-likeness (QED) is 0.781. The zero-order valence-electron chi connectivity index (χ0n) is 16.8. The van der Waals surface area contributed by atoms with Crippen LogP contribution in [-0.4, -0.2) is 49.8 Å². The van der Waals surface area contributed by atoms with E-state index in [1.807, 2.05) is 24.3 Å². The summed E-state index contributed by atoms with van der Waals surface area (Å²) in [5.74, 6) is 1.67. The van der Waals surface area contributed by atoms with E-state index in [0.717, 1.165) is 49.6 Å². The molecule has 0 atom stereocenters. The summed E-state index contributed by atoms with van der Waals surface area (Å²) in [6.07, 6.45) is 7.45. The van der Waals surface area contributed by atoms with E-state index >= 15 is 0 Å². The summed E-state index contributed by atoms with van der Waals surface area (Å²) in [5.41, 5.74) is 0.124. The Morgan fingerprint density at radius 2 is 1.81 bits per heavy atom. The normalized spacial score (nSPS) is 21.0. The number of carbonyl (C=O) groups is 1. The fourth-order valence-corrected chi connectivity index (χ4v) is 4.10. The lowest BCUT2D eigenvalue weighted by Gasteiger charge is -2.34. The van der Waals surface area contributed by atoms with Gasteiger partial charge in [0, 0.05) is 19.3 Å². The van der Waals surface area contributed by atoms with Crippen LogP contribution in [0.3, 0.4) is 0 Å². The molecule has 1 aromatic rings. The third-order valence-corrected chi connectivity index (χ3v) is 6.13. The molecule has 150 valence electrons. The highest BCUT2D eigenvalue weighted by atomic mass is 16.5. The summed E-state index contributed by atoms with van der Waals surface area (Å²) in [6, 6.07) is 7.66. The fourth-order valence-electron chi connectivity index (χ4n) is 4.10. The van der Waals surface area contributed by atoms with Crippen LogP contribution in [-0.2, 0) is 9.53 Å². The molecule has 1 N–H and O–H groups in total. The summed E-state index contributed by atoms with van der Waals surface area (Å²) in [6.45, 7) is 6.36. The number of ether oxygens (including phenoxy) is 2. The van der Waals surface area contributed by atoms with Gasteiger partial charge in [0.2, 0.25) is 0 Å². The van der Waals surface area contributed by atoms with Gasteiger partial charge in [-0.2, -0.15) is 0 Å². The van der Waals surface area contributed by atoms with Crippen LogP contribution in [0.1, 0.15) is 51.9 Å². The summed E-state index contributed by atoms with van der Waals surface area (Å²) in [4.78, 5) is 15.2. The number of amides is 1. The Balaban J connectivity index is 1.45. The number of likely N-dealkylation sites (tertiary alicyclic amines) is 1. The molecule has 27 heavy (non-hydrogen) atoms. The molecule has 1 heterocycles. The number of carbonyl (C=O) groups excluding carboxylic acids is 1. The summed E-state index contributed by atoms with van der Waals surface area (Å²) < 4.78 is 11.5. The van der Waals surface area contributed by atoms with Gasteiger partial charge in [-0.1, -0.05) is 26.2 Å². The topological polar surface area (TPSA) is 50.8 Å². The Bertz CT molecular complexity index is 588. The predicted octanol–water partition coefficient (Wildman–Crippen LogP) is 4.09. The minimum atomic E-state index is -0.667. The van der Waals surface area contributed by atoms with E-state index in [0.29, 0.717) is 6.61 Å². The molecule has 0 bridgehead atoms. The summed E-state index contributed by atoms with van der Waals surface area (Å²) in [7, 11) is 1.64. The second-order valence-electron chi connectivity index (χ2n) is 8.11. The van der Waals surface area contributed by atoms with Crippen LogP contribution in [0, 0.1) is 5.92 Å². The van der Waals surface area contributed by atoms with Crippen LogP contribution in [0.25, 0.3) is 0 Å². The molecule has 5 nitrogen and oxygen atoms in total. The second-order valence-corrected chi connectivity index (χ2v) is 8.11. The maximum absolute atomic E-state index is 12.7. The molecule has 1 saturated heterocycles. The lowest BCUT2D eigenvalue weighted by Crippen LogP contribution is -2.46. The average Bonchev–Trinajstić information content (AvgIpc) is 2.71. The third-order valence-electron chi connectivity index (χ3n) is 6.13. The Labute approximate surface area is 163 Å². The number of hydrogen-bond donors (Lipinski definition) is 1. The number of hydrogen-bond acceptors (Lipinski definition) is 4. The average molecular weight is 375 g/mol. The number of methoxy groups -OCH3 is 1. The SMILES string of the molecule is COC1(C(=O)Nc2ccc(OCCN3CCC(C)CC3)cc2)CCCCC1. The standard InChI is InChI=1S/C22H34N2O3/c1-18-10-14-24(15-11-18)16-17-27-20-8-6-19(7-9-20)23-21(25)22(26-2)12-4-3-5-13-22/h6-9,18H,3-5,10-17H2,1-2H3,(H,23,25). The molecule has 0 unspecified atom stereocenters. The Morgan fingerprint density at radius 1 is 1.15 bits per heavy atom. The van der Waals surface area contributed by atoms with Gasteiger partial charge < -0.3 is 14.8 Å². The highest BCUT2D eigenvalue weighted by Crippen LogP contribution is 2.32. The van der Waals surface area contributed by atoms with E-state index in [2.05, 4.69) is 17.1 Å². The van der Waals surface area contributed by atoms with Crippen LogP contribution in [0.4, 0.5) is 5.69 Å². The minimum absolute atomic E-state index is 0.0299. The van der Waals surface area contributed by atoms with Crippen molar-refractivity contribution in [3.63, 3.8) is 0 Å². The van der Waals surface area contributed by atoms with Gasteiger partial charge in [0.15, 0.2) is 0 Å². The smallest absolute Gasteiger partial charge is 0.256 e. The van der Waals surface area contributed by atoms with Crippen molar-refractivity contribution in [3.8, 4) is 5.75 Å². The van der Waals surface area contributed by atoms with Crippen molar-refractivity contribution >= 4 is 11.6 Å².